The molecule has 0 amide bonds. The van der Waals surface area contributed by atoms with Crippen molar-refractivity contribution in [1.29, 1.82) is 0 Å². The number of benzene rings is 1. The Hall–Kier alpha value is -1.95. The second kappa shape index (κ2) is 7.75. The van der Waals surface area contributed by atoms with Gasteiger partial charge < -0.3 is 19.3 Å². The molecule has 1 saturated heterocycles. The van der Waals surface area contributed by atoms with E-state index in [1.54, 1.807) is 7.11 Å². The summed E-state index contributed by atoms with van der Waals surface area (Å²) >= 11 is 0. The van der Waals surface area contributed by atoms with Crippen LogP contribution in [0.4, 0.5) is 0 Å². The molecule has 1 N–H and O–H groups in total. The Morgan fingerprint density at radius 3 is 2.71 bits per heavy atom. The number of hydrogen-bond acceptors (Lipinski definition) is 5. The summed E-state index contributed by atoms with van der Waals surface area (Å²) in [7, 11) is 1.65. The van der Waals surface area contributed by atoms with Gasteiger partial charge in [0.2, 0.25) is 0 Å². The van der Waals surface area contributed by atoms with Crippen LogP contribution in [0, 0.1) is 0 Å². The number of methoxy groups -OCH3 is 1. The fraction of sp³-hybridized carbons (Fsp3) is 0.611. The third-order valence-electron chi connectivity index (χ3n) is 4.68. The highest BCUT2D eigenvalue weighted by molar-refractivity contribution is 5.67. The molecule has 1 fully saturated rings. The van der Waals surface area contributed by atoms with E-state index in [-0.39, 0.29) is 12.5 Å². The number of piperidine rings is 1. The maximum absolute atomic E-state index is 11.1. The van der Waals surface area contributed by atoms with E-state index < -0.39 is 5.97 Å². The molecule has 1 aromatic carbocycles. The highest BCUT2D eigenvalue weighted by Crippen LogP contribution is 2.37. The average molecular weight is 335 g/mol. The number of carboxylic acids is 1. The van der Waals surface area contributed by atoms with Crippen molar-refractivity contribution in [3.05, 3.63) is 17.7 Å². The summed E-state index contributed by atoms with van der Waals surface area (Å²) < 4.78 is 17.0. The first-order valence-electron chi connectivity index (χ1n) is 8.59. The molecule has 24 heavy (non-hydrogen) atoms. The summed E-state index contributed by atoms with van der Waals surface area (Å²) in [6.45, 7) is 2.86. The van der Waals surface area contributed by atoms with Gasteiger partial charge in [-0.05, 0) is 25.5 Å². The molecule has 0 saturated carbocycles. The van der Waals surface area contributed by atoms with Gasteiger partial charge >= 0.3 is 5.97 Å². The summed E-state index contributed by atoms with van der Waals surface area (Å²) in [5.41, 5.74) is 1.01. The first-order valence-corrected chi connectivity index (χ1v) is 8.59. The van der Waals surface area contributed by atoms with Crippen molar-refractivity contribution in [3.8, 4) is 17.2 Å². The van der Waals surface area contributed by atoms with Crippen LogP contribution in [-0.2, 0) is 11.3 Å². The first kappa shape index (κ1) is 16.9. The number of carbonyl (C=O) groups is 1. The van der Waals surface area contributed by atoms with Crippen molar-refractivity contribution in [3.63, 3.8) is 0 Å². The molecule has 132 valence electrons. The zero-order valence-electron chi connectivity index (χ0n) is 14.1. The molecule has 0 spiro atoms. The predicted molar refractivity (Wildman–Crippen MR) is 88.9 cm³/mol. The van der Waals surface area contributed by atoms with Gasteiger partial charge in [0.15, 0.2) is 11.5 Å². The molecule has 6 heteroatoms. The van der Waals surface area contributed by atoms with Gasteiger partial charge in [-0.15, -0.1) is 0 Å². The van der Waals surface area contributed by atoms with Crippen LogP contribution >= 0.6 is 0 Å². The maximum atomic E-state index is 11.1. The van der Waals surface area contributed by atoms with Gasteiger partial charge in [0, 0.05) is 30.6 Å². The van der Waals surface area contributed by atoms with Crippen LogP contribution < -0.4 is 14.2 Å². The Bertz CT molecular complexity index is 589. The SMILES string of the molecule is COc1cc2c(cc1CN1CCCC[C@H]1CC(=O)O)OCCCO2. The van der Waals surface area contributed by atoms with E-state index in [0.717, 1.165) is 49.3 Å². The van der Waals surface area contributed by atoms with E-state index in [4.69, 9.17) is 19.3 Å². The van der Waals surface area contributed by atoms with E-state index in [0.29, 0.717) is 25.5 Å². The van der Waals surface area contributed by atoms with E-state index in [1.807, 2.05) is 12.1 Å². The maximum Gasteiger partial charge on any atom is 0.304 e. The third-order valence-corrected chi connectivity index (χ3v) is 4.68. The van der Waals surface area contributed by atoms with E-state index in [1.165, 1.54) is 0 Å². The molecular weight excluding hydrogens is 310 g/mol. The number of likely N-dealkylation sites (tertiary alicyclic amines) is 1. The van der Waals surface area contributed by atoms with Crippen LogP contribution in [0.3, 0.4) is 0 Å². The molecule has 2 aliphatic heterocycles. The highest BCUT2D eigenvalue weighted by atomic mass is 16.5. The van der Waals surface area contributed by atoms with Crippen LogP contribution in [0.15, 0.2) is 12.1 Å². The quantitative estimate of drug-likeness (QED) is 0.892. The lowest BCUT2D eigenvalue weighted by atomic mass is 9.98. The molecule has 2 aliphatic rings. The topological polar surface area (TPSA) is 68.2 Å². The fourth-order valence-electron chi connectivity index (χ4n) is 3.47. The number of hydrogen-bond donors (Lipinski definition) is 1. The van der Waals surface area contributed by atoms with Gasteiger partial charge in [-0.25, -0.2) is 0 Å². The Morgan fingerprint density at radius 1 is 1.25 bits per heavy atom. The normalized spacial score (nSPS) is 21.1. The Morgan fingerprint density at radius 2 is 2.00 bits per heavy atom. The van der Waals surface area contributed by atoms with Crippen LogP contribution in [0.2, 0.25) is 0 Å². The highest BCUT2D eigenvalue weighted by Gasteiger charge is 2.26. The number of aliphatic carboxylic acids is 1. The number of fused-ring (bicyclic) bond motifs is 1. The van der Waals surface area contributed by atoms with Gasteiger partial charge in [0.1, 0.15) is 5.75 Å². The minimum absolute atomic E-state index is 0.0805. The van der Waals surface area contributed by atoms with Crippen molar-refractivity contribution < 1.29 is 24.1 Å². The Balaban J connectivity index is 1.82. The lowest BCUT2D eigenvalue weighted by molar-refractivity contribution is -0.138. The van der Waals surface area contributed by atoms with E-state index in [2.05, 4.69) is 4.90 Å². The lowest BCUT2D eigenvalue weighted by Gasteiger charge is -2.35. The monoisotopic (exact) mass is 335 g/mol. The van der Waals surface area contributed by atoms with Gasteiger partial charge in [-0.2, -0.15) is 0 Å². The summed E-state index contributed by atoms with van der Waals surface area (Å²) in [5.74, 6) is 1.49. The van der Waals surface area contributed by atoms with E-state index >= 15 is 0 Å². The second-order valence-corrected chi connectivity index (χ2v) is 6.38. The van der Waals surface area contributed by atoms with Crippen molar-refractivity contribution in [1.82, 2.24) is 4.90 Å². The predicted octanol–water partition coefficient (Wildman–Crippen LogP) is 2.69. The summed E-state index contributed by atoms with van der Waals surface area (Å²) in [5, 5.41) is 9.15. The molecule has 0 bridgehead atoms. The van der Waals surface area contributed by atoms with E-state index in [9.17, 15) is 4.79 Å². The Kier molecular flexibility index (Phi) is 5.45. The van der Waals surface area contributed by atoms with Crippen LogP contribution in [0.25, 0.3) is 0 Å². The molecule has 0 aromatic heterocycles. The minimum Gasteiger partial charge on any atom is -0.496 e. The van der Waals surface area contributed by atoms with Crippen LogP contribution in [0.1, 0.15) is 37.7 Å². The van der Waals surface area contributed by atoms with Crippen LogP contribution in [-0.4, -0.2) is 48.9 Å². The lowest BCUT2D eigenvalue weighted by Crippen LogP contribution is -2.40. The molecule has 0 unspecified atom stereocenters. The number of rotatable bonds is 5. The van der Waals surface area contributed by atoms with Crippen molar-refractivity contribution >= 4 is 5.97 Å². The van der Waals surface area contributed by atoms with Crippen molar-refractivity contribution in [2.45, 2.75) is 44.7 Å². The molecule has 1 atom stereocenters. The number of carboxylic acid groups (broad SMARTS) is 1. The first-order chi connectivity index (χ1) is 11.7. The largest absolute Gasteiger partial charge is 0.496 e. The Labute approximate surface area is 142 Å². The molecule has 1 aromatic rings. The van der Waals surface area contributed by atoms with Gasteiger partial charge in [0.05, 0.1) is 26.7 Å². The molecule has 6 nitrogen and oxygen atoms in total. The smallest absolute Gasteiger partial charge is 0.304 e. The summed E-state index contributed by atoms with van der Waals surface area (Å²) in [6, 6.07) is 3.94. The minimum atomic E-state index is -0.738. The average Bonchev–Trinajstić information content (AvgIpc) is 2.80. The standard InChI is InChI=1S/C18H25NO5/c1-22-15-11-17-16(23-7-4-8-24-17)9-13(15)12-19-6-3-2-5-14(19)10-18(20)21/h9,11,14H,2-8,10,12H2,1H3,(H,20,21)/t14-/m0/s1. The molecular formula is C18H25NO5. The molecule has 3 rings (SSSR count). The number of nitrogens with zero attached hydrogens (tertiary/aromatic N) is 1. The second-order valence-electron chi connectivity index (χ2n) is 6.38. The summed E-state index contributed by atoms with van der Waals surface area (Å²) in [4.78, 5) is 13.4. The molecule has 2 heterocycles. The molecule has 0 radical (unpaired) electrons. The molecule has 0 aliphatic carbocycles. The van der Waals surface area contributed by atoms with Crippen molar-refractivity contribution in [2.75, 3.05) is 26.9 Å². The van der Waals surface area contributed by atoms with Gasteiger partial charge in [-0.3, -0.25) is 9.69 Å². The zero-order chi connectivity index (χ0) is 16.9. The van der Waals surface area contributed by atoms with Crippen molar-refractivity contribution in [2.24, 2.45) is 0 Å². The fourth-order valence-corrected chi connectivity index (χ4v) is 3.47. The zero-order valence-corrected chi connectivity index (χ0v) is 14.1. The van der Waals surface area contributed by atoms with Gasteiger partial charge in [0.25, 0.3) is 0 Å². The third kappa shape index (κ3) is 3.93. The van der Waals surface area contributed by atoms with Gasteiger partial charge in [-0.1, -0.05) is 6.42 Å². The number of ether oxygens (including phenoxy) is 3. The van der Waals surface area contributed by atoms with Crippen LogP contribution in [0.5, 0.6) is 17.2 Å². The summed E-state index contributed by atoms with van der Waals surface area (Å²) in [6.07, 6.45) is 4.17.